The van der Waals surface area contributed by atoms with Crippen LogP contribution in [0.25, 0.3) is 0 Å². The van der Waals surface area contributed by atoms with E-state index < -0.39 is 0 Å². The van der Waals surface area contributed by atoms with Crippen LogP contribution in [0.2, 0.25) is 0 Å². The summed E-state index contributed by atoms with van der Waals surface area (Å²) in [7, 11) is 1.69. The van der Waals surface area contributed by atoms with Crippen molar-refractivity contribution in [1.29, 1.82) is 0 Å². The van der Waals surface area contributed by atoms with Crippen molar-refractivity contribution in [2.45, 2.75) is 19.5 Å². The van der Waals surface area contributed by atoms with Crippen LogP contribution in [0.15, 0.2) is 36.0 Å². The molecule has 0 amide bonds. The number of ether oxygens (including phenoxy) is 1. The van der Waals surface area contributed by atoms with E-state index in [1.165, 1.54) is 10.4 Å². The summed E-state index contributed by atoms with van der Waals surface area (Å²) < 4.78 is 5.22. The SMILES string of the molecule is COc1cccc([C@H](C)NCc2cncs2)c1. The zero-order valence-electron chi connectivity index (χ0n) is 10.0. The Labute approximate surface area is 105 Å². The molecule has 0 fully saturated rings. The van der Waals surface area contributed by atoms with E-state index in [0.29, 0.717) is 6.04 Å². The zero-order chi connectivity index (χ0) is 12.1. The van der Waals surface area contributed by atoms with Crippen molar-refractivity contribution in [3.63, 3.8) is 0 Å². The van der Waals surface area contributed by atoms with E-state index in [9.17, 15) is 0 Å². The van der Waals surface area contributed by atoms with E-state index in [1.807, 2.05) is 23.8 Å². The van der Waals surface area contributed by atoms with E-state index >= 15 is 0 Å². The number of nitrogens with one attached hydrogen (secondary N) is 1. The number of methoxy groups -OCH3 is 1. The molecule has 0 saturated heterocycles. The van der Waals surface area contributed by atoms with Crippen LogP contribution in [0.1, 0.15) is 23.4 Å². The summed E-state index contributed by atoms with van der Waals surface area (Å²) in [4.78, 5) is 5.31. The molecule has 0 bridgehead atoms. The second-order valence-corrected chi connectivity index (χ2v) is 4.82. The minimum atomic E-state index is 0.298. The number of nitrogens with zero attached hydrogens (tertiary/aromatic N) is 1. The Morgan fingerprint density at radius 2 is 2.35 bits per heavy atom. The fraction of sp³-hybridized carbons (Fsp3) is 0.308. The largest absolute Gasteiger partial charge is 0.497 e. The molecular formula is C13H16N2OS. The standard InChI is InChI=1S/C13H16N2OS/c1-10(15-8-13-7-14-9-17-13)11-4-3-5-12(6-11)16-2/h3-7,9-10,15H,8H2,1-2H3/t10-/m0/s1. The minimum absolute atomic E-state index is 0.298. The molecular weight excluding hydrogens is 232 g/mol. The number of aromatic nitrogens is 1. The topological polar surface area (TPSA) is 34.1 Å². The molecule has 1 aromatic heterocycles. The first-order chi connectivity index (χ1) is 8.29. The van der Waals surface area contributed by atoms with Crippen LogP contribution >= 0.6 is 11.3 Å². The Kier molecular flexibility index (Phi) is 4.12. The Balaban J connectivity index is 1.96. The molecule has 17 heavy (non-hydrogen) atoms. The molecule has 2 aromatic rings. The first-order valence-corrected chi connectivity index (χ1v) is 6.42. The highest BCUT2D eigenvalue weighted by Crippen LogP contribution is 2.19. The van der Waals surface area contributed by atoms with Crippen molar-refractivity contribution in [2.24, 2.45) is 0 Å². The molecule has 1 atom stereocenters. The van der Waals surface area contributed by atoms with Gasteiger partial charge in [-0.1, -0.05) is 12.1 Å². The average Bonchev–Trinajstić information content (AvgIpc) is 2.89. The highest BCUT2D eigenvalue weighted by molar-refractivity contribution is 7.09. The fourth-order valence-electron chi connectivity index (χ4n) is 1.61. The average molecular weight is 248 g/mol. The van der Waals surface area contributed by atoms with Crippen LogP contribution < -0.4 is 10.1 Å². The summed E-state index contributed by atoms with van der Waals surface area (Å²) in [5.41, 5.74) is 3.08. The lowest BCUT2D eigenvalue weighted by molar-refractivity contribution is 0.413. The van der Waals surface area contributed by atoms with Crippen molar-refractivity contribution in [2.75, 3.05) is 7.11 Å². The fourth-order valence-corrected chi connectivity index (χ4v) is 2.16. The second-order valence-electron chi connectivity index (χ2n) is 3.85. The molecule has 0 saturated carbocycles. The molecule has 0 spiro atoms. The second kappa shape index (κ2) is 5.80. The third kappa shape index (κ3) is 3.28. The smallest absolute Gasteiger partial charge is 0.119 e. The zero-order valence-corrected chi connectivity index (χ0v) is 10.8. The molecule has 1 aromatic carbocycles. The Morgan fingerprint density at radius 3 is 3.06 bits per heavy atom. The molecule has 0 unspecified atom stereocenters. The normalized spacial score (nSPS) is 12.4. The molecule has 2 rings (SSSR count). The summed E-state index contributed by atoms with van der Waals surface area (Å²) >= 11 is 1.67. The summed E-state index contributed by atoms with van der Waals surface area (Å²) in [5.74, 6) is 0.897. The molecule has 90 valence electrons. The van der Waals surface area contributed by atoms with Crippen molar-refractivity contribution < 1.29 is 4.74 Å². The molecule has 3 nitrogen and oxygen atoms in total. The number of hydrogen-bond donors (Lipinski definition) is 1. The van der Waals surface area contributed by atoms with Gasteiger partial charge in [-0.05, 0) is 24.6 Å². The third-order valence-electron chi connectivity index (χ3n) is 2.66. The van der Waals surface area contributed by atoms with Gasteiger partial charge in [0, 0.05) is 23.7 Å². The van der Waals surface area contributed by atoms with Gasteiger partial charge in [-0.15, -0.1) is 11.3 Å². The van der Waals surface area contributed by atoms with Gasteiger partial charge in [-0.25, -0.2) is 0 Å². The summed E-state index contributed by atoms with van der Waals surface area (Å²) in [6.45, 7) is 3.00. The van der Waals surface area contributed by atoms with Gasteiger partial charge in [-0.2, -0.15) is 0 Å². The number of rotatable bonds is 5. The van der Waals surface area contributed by atoms with E-state index in [1.54, 1.807) is 18.4 Å². The maximum atomic E-state index is 5.22. The van der Waals surface area contributed by atoms with Crippen molar-refractivity contribution in [1.82, 2.24) is 10.3 Å². The summed E-state index contributed by atoms with van der Waals surface area (Å²) in [5, 5.41) is 3.47. The van der Waals surface area contributed by atoms with Gasteiger partial charge in [0.1, 0.15) is 5.75 Å². The van der Waals surface area contributed by atoms with Crippen LogP contribution in [0.5, 0.6) is 5.75 Å². The molecule has 0 aliphatic rings. The Bertz CT molecular complexity index is 456. The maximum absolute atomic E-state index is 5.22. The highest BCUT2D eigenvalue weighted by atomic mass is 32.1. The van der Waals surface area contributed by atoms with E-state index in [2.05, 4.69) is 29.4 Å². The lowest BCUT2D eigenvalue weighted by Gasteiger charge is -2.14. The summed E-state index contributed by atoms with van der Waals surface area (Å²) in [6, 6.07) is 8.43. The molecule has 4 heteroatoms. The summed E-state index contributed by atoms with van der Waals surface area (Å²) in [6.07, 6.45) is 1.90. The van der Waals surface area contributed by atoms with Gasteiger partial charge in [0.15, 0.2) is 0 Å². The first-order valence-electron chi connectivity index (χ1n) is 5.54. The quantitative estimate of drug-likeness (QED) is 0.883. The lowest BCUT2D eigenvalue weighted by atomic mass is 10.1. The van der Waals surface area contributed by atoms with Gasteiger partial charge < -0.3 is 10.1 Å². The minimum Gasteiger partial charge on any atom is -0.497 e. The highest BCUT2D eigenvalue weighted by Gasteiger charge is 2.06. The molecule has 1 heterocycles. The number of thiazole rings is 1. The van der Waals surface area contributed by atoms with Crippen LogP contribution in [0, 0.1) is 0 Å². The van der Waals surface area contributed by atoms with Crippen LogP contribution in [0.3, 0.4) is 0 Å². The molecule has 0 radical (unpaired) electrons. The lowest BCUT2D eigenvalue weighted by Crippen LogP contribution is -2.17. The number of benzene rings is 1. The van der Waals surface area contributed by atoms with Crippen molar-refractivity contribution >= 4 is 11.3 Å². The Hall–Kier alpha value is -1.39. The van der Waals surface area contributed by atoms with Gasteiger partial charge in [0.05, 0.1) is 12.6 Å². The molecule has 0 aliphatic heterocycles. The number of hydrogen-bond acceptors (Lipinski definition) is 4. The van der Waals surface area contributed by atoms with E-state index in [-0.39, 0.29) is 0 Å². The van der Waals surface area contributed by atoms with Gasteiger partial charge >= 0.3 is 0 Å². The van der Waals surface area contributed by atoms with Crippen LogP contribution in [-0.2, 0) is 6.54 Å². The monoisotopic (exact) mass is 248 g/mol. The van der Waals surface area contributed by atoms with Crippen molar-refractivity contribution in [3.8, 4) is 5.75 Å². The van der Waals surface area contributed by atoms with E-state index in [4.69, 9.17) is 4.74 Å². The van der Waals surface area contributed by atoms with Gasteiger partial charge in [0.25, 0.3) is 0 Å². The molecule has 1 N–H and O–H groups in total. The predicted molar refractivity (Wildman–Crippen MR) is 70.4 cm³/mol. The van der Waals surface area contributed by atoms with Crippen LogP contribution in [-0.4, -0.2) is 12.1 Å². The van der Waals surface area contributed by atoms with Gasteiger partial charge in [-0.3, -0.25) is 4.98 Å². The van der Waals surface area contributed by atoms with Crippen LogP contribution in [0.4, 0.5) is 0 Å². The first kappa shape index (κ1) is 12.1. The predicted octanol–water partition coefficient (Wildman–Crippen LogP) is 3.00. The molecule has 0 aliphatic carbocycles. The third-order valence-corrected chi connectivity index (χ3v) is 3.44. The van der Waals surface area contributed by atoms with E-state index in [0.717, 1.165) is 12.3 Å². The Morgan fingerprint density at radius 1 is 1.47 bits per heavy atom. The van der Waals surface area contributed by atoms with Gasteiger partial charge in [0.2, 0.25) is 0 Å². The van der Waals surface area contributed by atoms with Crippen molar-refractivity contribution in [3.05, 3.63) is 46.4 Å². The maximum Gasteiger partial charge on any atom is 0.119 e.